The lowest BCUT2D eigenvalue weighted by Gasteiger charge is -2.01. The van der Waals surface area contributed by atoms with Gasteiger partial charge in [-0.2, -0.15) is 4.80 Å². The smallest absolute Gasteiger partial charge is 0.204 e. The van der Waals surface area contributed by atoms with Crippen LogP contribution in [0.5, 0.6) is 0 Å². The largest absolute Gasteiger partial charge is 0.392 e. The van der Waals surface area contributed by atoms with Crippen molar-refractivity contribution in [1.29, 1.82) is 0 Å². The fourth-order valence-corrected chi connectivity index (χ4v) is 2.20. The first-order chi connectivity index (χ1) is 10.2. The molecule has 1 heterocycles. The molecule has 0 radical (unpaired) electrons. The minimum Gasteiger partial charge on any atom is -0.392 e. The summed E-state index contributed by atoms with van der Waals surface area (Å²) in [5, 5.41) is 21.5. The fourth-order valence-electron chi connectivity index (χ4n) is 1.94. The molecule has 3 aromatic rings. The van der Waals surface area contributed by atoms with Gasteiger partial charge in [0.1, 0.15) is 0 Å². The number of halogens is 1. The highest BCUT2D eigenvalue weighted by Crippen LogP contribution is 2.17. The molecule has 0 aliphatic heterocycles. The summed E-state index contributed by atoms with van der Waals surface area (Å²) in [5.41, 5.74) is 2.88. The Morgan fingerprint density at radius 1 is 0.952 bits per heavy atom. The summed E-state index contributed by atoms with van der Waals surface area (Å²) in [7, 11) is 0. The molecule has 1 N–H and O–H groups in total. The van der Waals surface area contributed by atoms with Crippen molar-refractivity contribution in [2.24, 2.45) is 0 Å². The zero-order valence-corrected chi connectivity index (χ0v) is 12.7. The lowest BCUT2D eigenvalue weighted by molar-refractivity contribution is 0.282. The molecule has 6 heteroatoms. The van der Waals surface area contributed by atoms with E-state index in [1.165, 1.54) is 0 Å². The van der Waals surface area contributed by atoms with E-state index in [0.29, 0.717) is 12.4 Å². The van der Waals surface area contributed by atoms with Gasteiger partial charge < -0.3 is 5.11 Å². The van der Waals surface area contributed by atoms with Crippen LogP contribution in [-0.2, 0) is 13.2 Å². The third kappa shape index (κ3) is 3.34. The van der Waals surface area contributed by atoms with Gasteiger partial charge in [0.15, 0.2) is 0 Å². The number of tetrazole rings is 1. The maximum absolute atomic E-state index is 9.02. The molecular formula is C15H13BrN4O. The molecule has 21 heavy (non-hydrogen) atoms. The van der Waals surface area contributed by atoms with Crippen LogP contribution in [0.1, 0.15) is 11.1 Å². The van der Waals surface area contributed by atoms with Crippen LogP contribution in [0.3, 0.4) is 0 Å². The standard InChI is InChI=1S/C15H13BrN4O/c16-14-7-5-13(6-8-14)15-17-19-20(18-15)9-11-1-3-12(10-21)4-2-11/h1-8,21H,9-10H2. The molecule has 106 valence electrons. The van der Waals surface area contributed by atoms with Crippen molar-refractivity contribution in [3.05, 3.63) is 64.1 Å². The predicted octanol–water partition coefficient (Wildman–Crippen LogP) is 2.64. The van der Waals surface area contributed by atoms with E-state index < -0.39 is 0 Å². The molecule has 0 saturated carbocycles. The first kappa shape index (κ1) is 13.9. The summed E-state index contributed by atoms with van der Waals surface area (Å²) in [6.07, 6.45) is 0. The zero-order valence-electron chi connectivity index (χ0n) is 11.1. The van der Waals surface area contributed by atoms with Gasteiger partial charge >= 0.3 is 0 Å². The molecule has 0 fully saturated rings. The molecule has 0 bridgehead atoms. The van der Waals surface area contributed by atoms with Crippen LogP contribution in [0.25, 0.3) is 11.4 Å². The summed E-state index contributed by atoms with van der Waals surface area (Å²) < 4.78 is 1.02. The van der Waals surface area contributed by atoms with Gasteiger partial charge in [0.2, 0.25) is 5.82 Å². The molecule has 3 rings (SSSR count). The number of rotatable bonds is 4. The second kappa shape index (κ2) is 6.15. The minimum atomic E-state index is 0.0512. The van der Waals surface area contributed by atoms with Crippen LogP contribution in [-0.4, -0.2) is 25.3 Å². The molecule has 0 spiro atoms. The SMILES string of the molecule is OCc1ccc(Cn2nnc(-c3ccc(Br)cc3)n2)cc1. The van der Waals surface area contributed by atoms with Crippen LogP contribution >= 0.6 is 15.9 Å². The molecule has 0 amide bonds. The van der Waals surface area contributed by atoms with Gasteiger partial charge in [-0.25, -0.2) is 0 Å². The Morgan fingerprint density at radius 2 is 1.62 bits per heavy atom. The zero-order chi connectivity index (χ0) is 14.7. The molecule has 5 nitrogen and oxygen atoms in total. The summed E-state index contributed by atoms with van der Waals surface area (Å²) in [4.78, 5) is 1.56. The Kier molecular flexibility index (Phi) is 4.08. The van der Waals surface area contributed by atoms with Crippen molar-refractivity contribution in [2.45, 2.75) is 13.2 Å². The summed E-state index contributed by atoms with van der Waals surface area (Å²) in [6.45, 7) is 0.602. The van der Waals surface area contributed by atoms with E-state index in [-0.39, 0.29) is 6.61 Å². The Hall–Kier alpha value is -2.05. The topological polar surface area (TPSA) is 63.8 Å². The Morgan fingerprint density at radius 3 is 2.29 bits per heavy atom. The second-order valence-corrected chi connectivity index (χ2v) is 5.54. The van der Waals surface area contributed by atoms with Crippen LogP contribution in [0.4, 0.5) is 0 Å². The molecule has 2 aromatic carbocycles. The molecular weight excluding hydrogens is 332 g/mol. The van der Waals surface area contributed by atoms with E-state index in [1.807, 2.05) is 48.5 Å². The summed E-state index contributed by atoms with van der Waals surface area (Å²) in [6, 6.07) is 15.5. The number of aromatic nitrogens is 4. The van der Waals surface area contributed by atoms with Crippen LogP contribution in [0.15, 0.2) is 53.0 Å². The van der Waals surface area contributed by atoms with E-state index in [1.54, 1.807) is 4.80 Å². The van der Waals surface area contributed by atoms with Gasteiger partial charge in [-0.1, -0.05) is 40.2 Å². The van der Waals surface area contributed by atoms with Gasteiger partial charge in [-0.15, -0.1) is 10.2 Å². The average Bonchev–Trinajstić information content (AvgIpc) is 2.97. The van der Waals surface area contributed by atoms with E-state index in [9.17, 15) is 0 Å². The number of hydrogen-bond donors (Lipinski definition) is 1. The lowest BCUT2D eigenvalue weighted by Crippen LogP contribution is -2.04. The maximum atomic E-state index is 9.02. The van der Waals surface area contributed by atoms with Gasteiger partial charge in [0, 0.05) is 10.0 Å². The molecule has 0 aliphatic carbocycles. The van der Waals surface area contributed by atoms with Gasteiger partial charge in [0.05, 0.1) is 13.2 Å². The Bertz CT molecular complexity index is 722. The highest BCUT2D eigenvalue weighted by Gasteiger charge is 2.06. The third-order valence-electron chi connectivity index (χ3n) is 3.08. The van der Waals surface area contributed by atoms with E-state index >= 15 is 0 Å². The number of benzene rings is 2. The van der Waals surface area contributed by atoms with Gasteiger partial charge in [0.25, 0.3) is 0 Å². The highest BCUT2D eigenvalue weighted by atomic mass is 79.9. The van der Waals surface area contributed by atoms with Crippen LogP contribution < -0.4 is 0 Å². The van der Waals surface area contributed by atoms with Crippen molar-refractivity contribution >= 4 is 15.9 Å². The Balaban J connectivity index is 1.76. The van der Waals surface area contributed by atoms with Crippen molar-refractivity contribution in [2.75, 3.05) is 0 Å². The maximum Gasteiger partial charge on any atom is 0.204 e. The van der Waals surface area contributed by atoms with E-state index in [2.05, 4.69) is 31.3 Å². The molecule has 0 unspecified atom stereocenters. The summed E-state index contributed by atoms with van der Waals surface area (Å²) in [5.74, 6) is 0.606. The Labute approximate surface area is 130 Å². The van der Waals surface area contributed by atoms with E-state index in [0.717, 1.165) is 21.2 Å². The number of hydrogen-bond acceptors (Lipinski definition) is 4. The summed E-state index contributed by atoms with van der Waals surface area (Å²) >= 11 is 3.40. The monoisotopic (exact) mass is 344 g/mol. The van der Waals surface area contributed by atoms with Crippen LogP contribution in [0, 0.1) is 0 Å². The van der Waals surface area contributed by atoms with Crippen molar-refractivity contribution < 1.29 is 5.11 Å². The predicted molar refractivity (Wildman–Crippen MR) is 82.4 cm³/mol. The lowest BCUT2D eigenvalue weighted by atomic mass is 10.1. The molecule has 0 saturated heterocycles. The first-order valence-electron chi connectivity index (χ1n) is 6.47. The normalized spacial score (nSPS) is 10.8. The van der Waals surface area contributed by atoms with E-state index in [4.69, 9.17) is 5.11 Å². The molecule has 0 atom stereocenters. The number of nitrogens with zero attached hydrogens (tertiary/aromatic N) is 4. The fraction of sp³-hybridized carbons (Fsp3) is 0.133. The van der Waals surface area contributed by atoms with Crippen molar-refractivity contribution in [3.63, 3.8) is 0 Å². The van der Waals surface area contributed by atoms with Gasteiger partial charge in [-0.05, 0) is 40.6 Å². The quantitative estimate of drug-likeness (QED) is 0.790. The third-order valence-corrected chi connectivity index (χ3v) is 3.61. The van der Waals surface area contributed by atoms with Crippen molar-refractivity contribution in [1.82, 2.24) is 20.2 Å². The molecule has 0 aliphatic rings. The number of aliphatic hydroxyl groups is 1. The molecule has 1 aromatic heterocycles. The van der Waals surface area contributed by atoms with Crippen molar-refractivity contribution in [3.8, 4) is 11.4 Å². The average molecular weight is 345 g/mol. The second-order valence-electron chi connectivity index (χ2n) is 4.62. The van der Waals surface area contributed by atoms with Gasteiger partial charge in [-0.3, -0.25) is 0 Å². The minimum absolute atomic E-state index is 0.0512. The first-order valence-corrected chi connectivity index (χ1v) is 7.26. The number of aliphatic hydroxyl groups excluding tert-OH is 1. The van der Waals surface area contributed by atoms with Crippen LogP contribution in [0.2, 0.25) is 0 Å². The highest BCUT2D eigenvalue weighted by molar-refractivity contribution is 9.10.